The van der Waals surface area contributed by atoms with Crippen LogP contribution in [0.1, 0.15) is 5.56 Å². The molecule has 3 aromatic carbocycles. The first-order valence-electron chi connectivity index (χ1n) is 8.08. The van der Waals surface area contributed by atoms with Crippen molar-refractivity contribution in [3.63, 3.8) is 0 Å². The minimum absolute atomic E-state index is 0.0918. The van der Waals surface area contributed by atoms with E-state index in [9.17, 15) is 4.79 Å². The number of carbonyl (C=O) groups is 1. The van der Waals surface area contributed by atoms with Crippen LogP contribution in [0.2, 0.25) is 0 Å². The van der Waals surface area contributed by atoms with Crippen molar-refractivity contribution >= 4 is 23.0 Å². The van der Waals surface area contributed by atoms with E-state index in [2.05, 4.69) is 10.6 Å². The zero-order valence-corrected chi connectivity index (χ0v) is 14.0. The van der Waals surface area contributed by atoms with Gasteiger partial charge in [-0.3, -0.25) is 4.79 Å². The van der Waals surface area contributed by atoms with E-state index in [1.54, 1.807) is 36.4 Å². The molecule has 3 aromatic rings. The van der Waals surface area contributed by atoms with Crippen LogP contribution in [0.4, 0.5) is 17.1 Å². The summed E-state index contributed by atoms with van der Waals surface area (Å²) in [5, 5.41) is 14.8. The summed E-state index contributed by atoms with van der Waals surface area (Å²) in [5.74, 6) is 0.347. The molecule has 2 N–H and O–H groups in total. The summed E-state index contributed by atoms with van der Waals surface area (Å²) in [6.07, 6.45) is 0. The van der Waals surface area contributed by atoms with Crippen LogP contribution in [0, 0.1) is 11.3 Å². The van der Waals surface area contributed by atoms with Crippen LogP contribution in [0.5, 0.6) is 5.75 Å². The van der Waals surface area contributed by atoms with Gasteiger partial charge in [0.05, 0.1) is 11.6 Å². The maximum atomic E-state index is 11.9. The lowest BCUT2D eigenvalue weighted by molar-refractivity contribution is -0.118. The molecule has 0 aliphatic rings. The number of hydrogen-bond donors (Lipinski definition) is 2. The number of para-hydroxylation sites is 1. The predicted molar refractivity (Wildman–Crippen MR) is 101 cm³/mol. The summed E-state index contributed by atoms with van der Waals surface area (Å²) >= 11 is 0. The fraction of sp³-hybridized carbons (Fsp3) is 0.0476. The van der Waals surface area contributed by atoms with Crippen LogP contribution in [0.15, 0.2) is 78.9 Å². The standard InChI is InChI=1S/C21H17N3O2/c22-14-16-6-8-19(9-7-16)24-21(25)15-26-20-12-10-18(11-13-20)23-17-4-2-1-3-5-17/h1-13,23H,15H2,(H,24,25). The third-order valence-corrected chi connectivity index (χ3v) is 3.58. The normalized spacial score (nSPS) is 9.81. The molecule has 0 spiro atoms. The van der Waals surface area contributed by atoms with Gasteiger partial charge in [0, 0.05) is 17.1 Å². The van der Waals surface area contributed by atoms with Crippen LogP contribution < -0.4 is 15.4 Å². The molecule has 0 aliphatic carbocycles. The number of rotatable bonds is 6. The summed E-state index contributed by atoms with van der Waals surface area (Å²) in [4.78, 5) is 11.9. The van der Waals surface area contributed by atoms with Crippen LogP contribution >= 0.6 is 0 Å². The van der Waals surface area contributed by atoms with E-state index < -0.39 is 0 Å². The minimum atomic E-state index is -0.263. The lowest BCUT2D eigenvalue weighted by Crippen LogP contribution is -2.20. The Balaban J connectivity index is 1.49. The Morgan fingerprint density at radius 2 is 1.46 bits per heavy atom. The zero-order chi connectivity index (χ0) is 18.2. The third kappa shape index (κ3) is 4.86. The second kappa shape index (κ2) is 8.36. The van der Waals surface area contributed by atoms with E-state index in [4.69, 9.17) is 10.00 Å². The number of ether oxygens (including phenoxy) is 1. The number of nitrogens with one attached hydrogen (secondary N) is 2. The summed E-state index contributed by atoms with van der Waals surface area (Å²) in [7, 11) is 0. The van der Waals surface area contributed by atoms with E-state index in [1.807, 2.05) is 48.5 Å². The summed E-state index contributed by atoms with van der Waals surface area (Å²) in [6, 6.07) is 25.9. The van der Waals surface area contributed by atoms with Crippen LogP contribution in [-0.4, -0.2) is 12.5 Å². The monoisotopic (exact) mass is 343 g/mol. The number of anilines is 3. The second-order valence-corrected chi connectivity index (χ2v) is 5.54. The van der Waals surface area contributed by atoms with E-state index in [-0.39, 0.29) is 12.5 Å². The Bertz CT molecular complexity index is 899. The van der Waals surface area contributed by atoms with Crippen LogP contribution in [-0.2, 0) is 4.79 Å². The molecule has 0 radical (unpaired) electrons. The number of benzene rings is 3. The van der Waals surface area contributed by atoms with Crippen molar-refractivity contribution < 1.29 is 9.53 Å². The van der Waals surface area contributed by atoms with Gasteiger partial charge in [0.2, 0.25) is 0 Å². The van der Waals surface area contributed by atoms with E-state index >= 15 is 0 Å². The molecule has 0 bridgehead atoms. The van der Waals surface area contributed by atoms with Crippen molar-refractivity contribution in [2.45, 2.75) is 0 Å². The number of carbonyl (C=O) groups excluding carboxylic acids is 1. The summed E-state index contributed by atoms with van der Waals surface area (Å²) in [6.45, 7) is -0.0918. The SMILES string of the molecule is N#Cc1ccc(NC(=O)COc2ccc(Nc3ccccc3)cc2)cc1. The fourth-order valence-corrected chi connectivity index (χ4v) is 2.30. The van der Waals surface area contributed by atoms with Crippen LogP contribution in [0.3, 0.4) is 0 Å². The number of hydrogen-bond acceptors (Lipinski definition) is 4. The maximum Gasteiger partial charge on any atom is 0.262 e. The van der Waals surface area contributed by atoms with Gasteiger partial charge in [0.25, 0.3) is 5.91 Å². The molecule has 0 heterocycles. The van der Waals surface area contributed by atoms with Gasteiger partial charge < -0.3 is 15.4 Å². The van der Waals surface area contributed by atoms with Crippen molar-refractivity contribution in [1.82, 2.24) is 0 Å². The smallest absolute Gasteiger partial charge is 0.262 e. The van der Waals surface area contributed by atoms with Crippen molar-refractivity contribution in [3.8, 4) is 11.8 Å². The Kier molecular flexibility index (Phi) is 5.48. The van der Waals surface area contributed by atoms with Gasteiger partial charge in [-0.15, -0.1) is 0 Å². The lowest BCUT2D eigenvalue weighted by Gasteiger charge is -2.09. The highest BCUT2D eigenvalue weighted by Crippen LogP contribution is 2.20. The van der Waals surface area contributed by atoms with Crippen molar-refractivity contribution in [2.24, 2.45) is 0 Å². The van der Waals surface area contributed by atoms with Gasteiger partial charge in [-0.05, 0) is 60.7 Å². The highest BCUT2D eigenvalue weighted by atomic mass is 16.5. The van der Waals surface area contributed by atoms with Gasteiger partial charge in [-0.25, -0.2) is 0 Å². The van der Waals surface area contributed by atoms with Gasteiger partial charge in [-0.2, -0.15) is 5.26 Å². The highest BCUT2D eigenvalue weighted by molar-refractivity contribution is 5.91. The number of nitriles is 1. The van der Waals surface area contributed by atoms with Crippen molar-refractivity contribution in [3.05, 3.63) is 84.4 Å². The fourth-order valence-electron chi connectivity index (χ4n) is 2.30. The first kappa shape index (κ1) is 17.1. The Morgan fingerprint density at radius 3 is 2.12 bits per heavy atom. The molecule has 0 saturated heterocycles. The first-order chi connectivity index (χ1) is 12.7. The average molecular weight is 343 g/mol. The predicted octanol–water partition coefficient (Wildman–Crippen LogP) is 4.32. The van der Waals surface area contributed by atoms with Gasteiger partial charge in [0.15, 0.2) is 6.61 Å². The molecule has 0 fully saturated rings. The molecule has 0 saturated carbocycles. The minimum Gasteiger partial charge on any atom is -0.484 e. The summed E-state index contributed by atoms with van der Waals surface area (Å²) in [5.41, 5.74) is 3.11. The molecule has 3 rings (SSSR count). The quantitative estimate of drug-likeness (QED) is 0.699. The molecule has 0 aliphatic heterocycles. The van der Waals surface area contributed by atoms with Crippen molar-refractivity contribution in [2.75, 3.05) is 17.2 Å². The molecule has 0 atom stereocenters. The maximum absolute atomic E-state index is 11.9. The molecule has 0 aromatic heterocycles. The number of nitrogens with zero attached hydrogens (tertiary/aromatic N) is 1. The molecule has 1 amide bonds. The lowest BCUT2D eigenvalue weighted by atomic mass is 10.2. The summed E-state index contributed by atoms with van der Waals surface area (Å²) < 4.78 is 5.50. The number of amides is 1. The molecular formula is C21H17N3O2. The molecule has 128 valence electrons. The van der Waals surface area contributed by atoms with Crippen molar-refractivity contribution in [1.29, 1.82) is 5.26 Å². The Labute approximate surface area is 151 Å². The molecule has 5 heteroatoms. The molecule has 0 unspecified atom stereocenters. The first-order valence-corrected chi connectivity index (χ1v) is 8.08. The van der Waals surface area contributed by atoms with Gasteiger partial charge in [0.1, 0.15) is 5.75 Å². The third-order valence-electron chi connectivity index (χ3n) is 3.58. The highest BCUT2D eigenvalue weighted by Gasteiger charge is 2.04. The Morgan fingerprint density at radius 1 is 0.846 bits per heavy atom. The largest absolute Gasteiger partial charge is 0.484 e. The van der Waals surface area contributed by atoms with E-state index in [0.29, 0.717) is 17.0 Å². The molecular weight excluding hydrogens is 326 g/mol. The van der Waals surface area contributed by atoms with Gasteiger partial charge in [-0.1, -0.05) is 18.2 Å². The second-order valence-electron chi connectivity index (χ2n) is 5.54. The van der Waals surface area contributed by atoms with Crippen LogP contribution in [0.25, 0.3) is 0 Å². The average Bonchev–Trinajstić information content (AvgIpc) is 2.69. The van der Waals surface area contributed by atoms with E-state index in [0.717, 1.165) is 11.4 Å². The topological polar surface area (TPSA) is 74.2 Å². The zero-order valence-electron chi connectivity index (χ0n) is 14.0. The van der Waals surface area contributed by atoms with E-state index in [1.165, 1.54) is 0 Å². The van der Waals surface area contributed by atoms with Gasteiger partial charge >= 0.3 is 0 Å². The molecule has 26 heavy (non-hydrogen) atoms. The molecule has 5 nitrogen and oxygen atoms in total. The Hall–Kier alpha value is -3.78.